The van der Waals surface area contributed by atoms with Gasteiger partial charge < -0.3 is 19.6 Å². The van der Waals surface area contributed by atoms with Crippen molar-refractivity contribution >= 4 is 17.8 Å². The number of hydrogen-bond donors (Lipinski definition) is 1. The third-order valence-corrected chi connectivity index (χ3v) is 3.63. The summed E-state index contributed by atoms with van der Waals surface area (Å²) in [5.41, 5.74) is 1.38. The molecule has 1 N–H and O–H groups in total. The maximum absolute atomic E-state index is 12.0. The molecule has 1 rings (SSSR count). The molecule has 0 radical (unpaired) electrons. The highest BCUT2D eigenvalue weighted by atomic mass is 16.6. The van der Waals surface area contributed by atoms with E-state index >= 15 is 0 Å². The molecule has 144 valence electrons. The van der Waals surface area contributed by atoms with Crippen LogP contribution in [0.5, 0.6) is 0 Å². The van der Waals surface area contributed by atoms with Gasteiger partial charge in [-0.2, -0.15) is 0 Å². The van der Waals surface area contributed by atoms with Gasteiger partial charge in [0.15, 0.2) is 0 Å². The van der Waals surface area contributed by atoms with E-state index in [1.54, 1.807) is 27.7 Å². The van der Waals surface area contributed by atoms with Gasteiger partial charge in [-0.1, -0.05) is 24.3 Å². The number of alkyl carbamates (subject to hydrolysis) is 1. The quantitative estimate of drug-likeness (QED) is 0.717. The molecule has 0 aliphatic carbocycles. The highest BCUT2D eigenvalue weighted by Gasteiger charge is 2.25. The Bertz CT molecular complexity index is 616. The van der Waals surface area contributed by atoms with Crippen molar-refractivity contribution in [1.29, 1.82) is 0 Å². The van der Waals surface area contributed by atoms with E-state index in [0.717, 1.165) is 24.0 Å². The minimum atomic E-state index is -0.821. The minimum absolute atomic E-state index is 0.191. The molecule has 0 saturated heterocycles. The van der Waals surface area contributed by atoms with Crippen LogP contribution in [0.25, 0.3) is 0 Å². The van der Waals surface area contributed by atoms with Crippen molar-refractivity contribution in [3.63, 3.8) is 0 Å². The molecule has 1 atom stereocenters. The second-order valence-corrected chi connectivity index (χ2v) is 7.30. The molecule has 0 bridgehead atoms. The fourth-order valence-electron chi connectivity index (χ4n) is 2.40. The second-order valence-electron chi connectivity index (χ2n) is 7.30. The lowest BCUT2D eigenvalue weighted by atomic mass is 10.0. The number of methoxy groups -OCH3 is 1. The number of carbonyl (C=O) groups is 3. The van der Waals surface area contributed by atoms with Crippen LogP contribution in [0.2, 0.25) is 0 Å². The van der Waals surface area contributed by atoms with E-state index in [4.69, 9.17) is 9.47 Å². The van der Waals surface area contributed by atoms with Crippen LogP contribution in [-0.4, -0.2) is 36.6 Å². The normalized spacial score (nSPS) is 12.2. The van der Waals surface area contributed by atoms with E-state index in [2.05, 4.69) is 5.32 Å². The van der Waals surface area contributed by atoms with E-state index in [-0.39, 0.29) is 5.78 Å². The lowest BCUT2D eigenvalue weighted by Crippen LogP contribution is -2.45. The van der Waals surface area contributed by atoms with Crippen LogP contribution in [0.1, 0.15) is 51.7 Å². The zero-order valence-corrected chi connectivity index (χ0v) is 16.3. The highest BCUT2D eigenvalue weighted by Crippen LogP contribution is 2.12. The summed E-state index contributed by atoms with van der Waals surface area (Å²) in [5.74, 6) is -0.336. The van der Waals surface area contributed by atoms with E-state index in [0.29, 0.717) is 12.8 Å². The molecule has 0 aliphatic rings. The average molecular weight is 363 g/mol. The Morgan fingerprint density at radius 2 is 1.65 bits per heavy atom. The first kappa shape index (κ1) is 21.7. The molecule has 6 heteroatoms. The topological polar surface area (TPSA) is 81.7 Å². The molecule has 0 aromatic heterocycles. The standard InChI is InChI=1S/C20H29NO5/c1-14(22)7-6-8-15-9-11-16(12-10-15)13-17(18(23)25-5)21-19(24)26-20(2,3)4/h9-12,17H,6-8,13H2,1-5H3,(H,21,24). The van der Waals surface area contributed by atoms with Crippen molar-refractivity contribution in [3.05, 3.63) is 35.4 Å². The summed E-state index contributed by atoms with van der Waals surface area (Å²) >= 11 is 0. The van der Waals surface area contributed by atoms with Crippen LogP contribution < -0.4 is 5.32 Å². The number of Topliss-reactive ketones (excluding diaryl/α,β-unsaturated/α-hetero) is 1. The number of rotatable bonds is 8. The maximum atomic E-state index is 12.0. The van der Waals surface area contributed by atoms with Crippen LogP contribution in [0.15, 0.2) is 24.3 Å². The molecule has 1 aromatic carbocycles. The van der Waals surface area contributed by atoms with E-state index in [1.165, 1.54) is 7.11 Å². The van der Waals surface area contributed by atoms with Crippen molar-refractivity contribution < 1.29 is 23.9 Å². The van der Waals surface area contributed by atoms with Crippen molar-refractivity contribution in [3.8, 4) is 0 Å². The number of nitrogens with one attached hydrogen (secondary N) is 1. The van der Waals surface area contributed by atoms with Gasteiger partial charge in [0.2, 0.25) is 0 Å². The number of hydrogen-bond acceptors (Lipinski definition) is 5. The third-order valence-electron chi connectivity index (χ3n) is 3.63. The summed E-state index contributed by atoms with van der Waals surface area (Å²) in [4.78, 5) is 34.9. The Labute approximate surface area is 155 Å². The molecular formula is C20H29NO5. The summed E-state index contributed by atoms with van der Waals surface area (Å²) in [7, 11) is 1.28. The zero-order chi connectivity index (χ0) is 19.7. The smallest absolute Gasteiger partial charge is 0.408 e. The fourth-order valence-corrected chi connectivity index (χ4v) is 2.40. The summed E-state index contributed by atoms with van der Waals surface area (Å²) in [5, 5.41) is 2.56. The van der Waals surface area contributed by atoms with Crippen LogP contribution in [0.3, 0.4) is 0 Å². The lowest BCUT2D eigenvalue weighted by molar-refractivity contribution is -0.143. The first-order valence-electron chi connectivity index (χ1n) is 8.75. The number of amides is 1. The van der Waals surface area contributed by atoms with E-state index in [9.17, 15) is 14.4 Å². The number of aryl methyl sites for hydroxylation is 1. The SMILES string of the molecule is COC(=O)C(Cc1ccc(CCCC(C)=O)cc1)NC(=O)OC(C)(C)C. The molecule has 0 saturated carbocycles. The molecule has 1 aromatic rings. The molecule has 0 aliphatic heterocycles. The van der Waals surface area contributed by atoms with Gasteiger partial charge in [-0.3, -0.25) is 0 Å². The Balaban J connectivity index is 2.68. The zero-order valence-electron chi connectivity index (χ0n) is 16.3. The number of benzene rings is 1. The monoisotopic (exact) mass is 363 g/mol. The van der Waals surface area contributed by atoms with Gasteiger partial charge in [-0.25, -0.2) is 9.59 Å². The van der Waals surface area contributed by atoms with Crippen LogP contribution in [-0.2, 0) is 31.9 Å². The first-order valence-corrected chi connectivity index (χ1v) is 8.75. The summed E-state index contributed by atoms with van der Waals surface area (Å²) in [6, 6.07) is 6.94. The van der Waals surface area contributed by atoms with Crippen molar-refractivity contribution in [2.45, 2.75) is 65.0 Å². The molecule has 6 nitrogen and oxygen atoms in total. The molecule has 1 unspecified atom stereocenters. The van der Waals surface area contributed by atoms with Crippen LogP contribution >= 0.6 is 0 Å². The maximum Gasteiger partial charge on any atom is 0.408 e. The predicted octanol–water partition coefficient (Wildman–Crippen LogP) is 3.21. The highest BCUT2D eigenvalue weighted by molar-refractivity contribution is 5.81. The molecule has 0 heterocycles. The van der Waals surface area contributed by atoms with Crippen LogP contribution in [0.4, 0.5) is 4.79 Å². The summed E-state index contributed by atoms with van der Waals surface area (Å²) in [6.07, 6.45) is 1.87. The lowest BCUT2D eigenvalue weighted by Gasteiger charge is -2.22. The average Bonchev–Trinajstić information content (AvgIpc) is 2.53. The van der Waals surface area contributed by atoms with Gasteiger partial charge in [0, 0.05) is 12.8 Å². The molecular weight excluding hydrogens is 334 g/mol. The number of carbonyl (C=O) groups excluding carboxylic acids is 3. The molecule has 26 heavy (non-hydrogen) atoms. The molecule has 0 fully saturated rings. The summed E-state index contributed by atoms with van der Waals surface area (Å²) < 4.78 is 9.97. The predicted molar refractivity (Wildman–Crippen MR) is 98.9 cm³/mol. The Kier molecular flexibility index (Phi) is 8.29. The van der Waals surface area contributed by atoms with Crippen molar-refractivity contribution in [2.24, 2.45) is 0 Å². The van der Waals surface area contributed by atoms with Gasteiger partial charge in [0.05, 0.1) is 7.11 Å². The molecule has 1 amide bonds. The van der Waals surface area contributed by atoms with Crippen molar-refractivity contribution in [1.82, 2.24) is 5.32 Å². The van der Waals surface area contributed by atoms with E-state index in [1.807, 2.05) is 24.3 Å². The fraction of sp³-hybridized carbons (Fsp3) is 0.550. The minimum Gasteiger partial charge on any atom is -0.467 e. The van der Waals surface area contributed by atoms with Gasteiger partial charge in [-0.15, -0.1) is 0 Å². The summed E-state index contributed by atoms with van der Waals surface area (Å²) in [6.45, 7) is 6.85. The van der Waals surface area contributed by atoms with Gasteiger partial charge in [0.25, 0.3) is 0 Å². The largest absolute Gasteiger partial charge is 0.467 e. The van der Waals surface area contributed by atoms with Gasteiger partial charge in [0.1, 0.15) is 17.4 Å². The van der Waals surface area contributed by atoms with Crippen LogP contribution in [0, 0.1) is 0 Å². The first-order chi connectivity index (χ1) is 12.1. The second kappa shape index (κ2) is 9.94. The number of ketones is 1. The van der Waals surface area contributed by atoms with Gasteiger partial charge in [-0.05, 0) is 51.7 Å². The van der Waals surface area contributed by atoms with E-state index < -0.39 is 23.7 Å². The molecule has 0 spiro atoms. The Hall–Kier alpha value is -2.37. The number of esters is 1. The Morgan fingerprint density at radius 3 is 2.15 bits per heavy atom. The van der Waals surface area contributed by atoms with Gasteiger partial charge >= 0.3 is 12.1 Å². The van der Waals surface area contributed by atoms with Crippen molar-refractivity contribution in [2.75, 3.05) is 7.11 Å². The Morgan fingerprint density at radius 1 is 1.08 bits per heavy atom. The number of ether oxygens (including phenoxy) is 2. The third kappa shape index (κ3) is 8.65.